The van der Waals surface area contributed by atoms with Crippen LogP contribution in [0.1, 0.15) is 38.4 Å². The lowest BCUT2D eigenvalue weighted by Crippen LogP contribution is -2.39. The van der Waals surface area contributed by atoms with Gasteiger partial charge in [0.05, 0.1) is 19.8 Å². The molecule has 0 fully saturated rings. The van der Waals surface area contributed by atoms with Crippen molar-refractivity contribution < 1.29 is 14.9 Å². The van der Waals surface area contributed by atoms with Crippen LogP contribution < -0.4 is 4.74 Å². The summed E-state index contributed by atoms with van der Waals surface area (Å²) in [4.78, 5) is 2.16. The van der Waals surface area contributed by atoms with Crippen molar-refractivity contribution in [2.75, 3.05) is 26.8 Å². The molecule has 0 heterocycles. The molecule has 0 aliphatic rings. The average Bonchev–Trinajstić information content (AvgIpc) is 2.48. The number of ether oxygens (including phenoxy) is 1. The Balaban J connectivity index is 2.75. The second-order valence-electron chi connectivity index (χ2n) is 4.98. The lowest BCUT2D eigenvalue weighted by molar-refractivity contribution is 0.0697. The Labute approximate surface area is 122 Å². The molecular formula is C16H27NO3. The van der Waals surface area contributed by atoms with Crippen molar-refractivity contribution in [1.29, 1.82) is 0 Å². The van der Waals surface area contributed by atoms with Crippen molar-refractivity contribution in [1.82, 2.24) is 4.90 Å². The van der Waals surface area contributed by atoms with Gasteiger partial charge in [0.2, 0.25) is 0 Å². The first kappa shape index (κ1) is 17.0. The van der Waals surface area contributed by atoms with Crippen molar-refractivity contribution in [3.05, 3.63) is 29.8 Å². The van der Waals surface area contributed by atoms with E-state index in [0.717, 1.165) is 24.2 Å². The molecule has 1 rings (SSSR count). The van der Waals surface area contributed by atoms with Gasteiger partial charge in [0.15, 0.2) is 0 Å². The van der Waals surface area contributed by atoms with Crippen LogP contribution in [-0.2, 0) is 0 Å². The van der Waals surface area contributed by atoms with Crippen molar-refractivity contribution >= 4 is 0 Å². The van der Waals surface area contributed by atoms with Crippen LogP contribution in [0.2, 0.25) is 0 Å². The third-order valence-electron chi connectivity index (χ3n) is 3.73. The summed E-state index contributed by atoms with van der Waals surface area (Å²) in [5.41, 5.74) is 0.846. The fourth-order valence-electron chi connectivity index (χ4n) is 2.53. The van der Waals surface area contributed by atoms with E-state index < -0.39 is 6.10 Å². The molecule has 0 aromatic heterocycles. The number of hydrogen-bond donors (Lipinski definition) is 2. The van der Waals surface area contributed by atoms with Crippen molar-refractivity contribution in [3.63, 3.8) is 0 Å². The lowest BCUT2D eigenvalue weighted by atomic mass is 10.1. The topological polar surface area (TPSA) is 52.9 Å². The van der Waals surface area contributed by atoms with Crippen molar-refractivity contribution in [2.45, 2.75) is 38.8 Å². The Morgan fingerprint density at radius 1 is 1.25 bits per heavy atom. The molecule has 1 aromatic carbocycles. The van der Waals surface area contributed by atoms with Gasteiger partial charge in [0, 0.05) is 19.1 Å². The number of aliphatic hydroxyl groups is 2. The van der Waals surface area contributed by atoms with Gasteiger partial charge in [0.1, 0.15) is 5.75 Å². The Morgan fingerprint density at radius 3 is 2.50 bits per heavy atom. The van der Waals surface area contributed by atoms with Gasteiger partial charge in [-0.05, 0) is 30.5 Å². The maximum atomic E-state index is 10.4. The van der Waals surface area contributed by atoms with Gasteiger partial charge in [-0.25, -0.2) is 0 Å². The third-order valence-corrected chi connectivity index (χ3v) is 3.73. The van der Waals surface area contributed by atoms with Gasteiger partial charge in [-0.2, -0.15) is 0 Å². The summed E-state index contributed by atoms with van der Waals surface area (Å²) in [6, 6.07) is 7.89. The highest BCUT2D eigenvalue weighted by Gasteiger charge is 2.19. The fraction of sp³-hybridized carbons (Fsp3) is 0.625. The van der Waals surface area contributed by atoms with Crippen LogP contribution in [0.25, 0.3) is 0 Å². The van der Waals surface area contributed by atoms with Crippen molar-refractivity contribution in [3.8, 4) is 5.75 Å². The second-order valence-corrected chi connectivity index (χ2v) is 4.98. The zero-order valence-electron chi connectivity index (χ0n) is 12.7. The van der Waals surface area contributed by atoms with Gasteiger partial charge in [-0.1, -0.05) is 26.0 Å². The number of aliphatic hydroxyl groups excluding tert-OH is 2. The van der Waals surface area contributed by atoms with Crippen LogP contribution in [0, 0.1) is 0 Å². The van der Waals surface area contributed by atoms with Crippen LogP contribution in [0.3, 0.4) is 0 Å². The molecule has 4 nitrogen and oxygen atoms in total. The largest absolute Gasteiger partial charge is 0.497 e. The molecule has 0 radical (unpaired) electrons. The first-order valence-corrected chi connectivity index (χ1v) is 7.33. The monoisotopic (exact) mass is 281 g/mol. The van der Waals surface area contributed by atoms with E-state index >= 15 is 0 Å². The molecule has 4 heteroatoms. The molecule has 1 atom stereocenters. The number of methoxy groups -OCH3 is 1. The maximum absolute atomic E-state index is 10.4. The number of benzene rings is 1. The molecule has 1 aromatic rings. The molecule has 0 bridgehead atoms. The molecular weight excluding hydrogens is 254 g/mol. The standard InChI is InChI=1S/C16H27NO3/c1-4-14(5-2)17(9-10-18)12-16(19)13-7-6-8-15(11-13)20-3/h6-8,11,14,16,18-19H,4-5,9-10,12H2,1-3H3. The fourth-order valence-corrected chi connectivity index (χ4v) is 2.53. The van der Waals surface area contributed by atoms with E-state index in [1.54, 1.807) is 7.11 Å². The number of hydrogen-bond acceptors (Lipinski definition) is 4. The van der Waals surface area contributed by atoms with Gasteiger partial charge in [-0.15, -0.1) is 0 Å². The molecule has 0 amide bonds. The SMILES string of the molecule is CCC(CC)N(CCO)CC(O)c1cccc(OC)c1. The average molecular weight is 281 g/mol. The van der Waals surface area contributed by atoms with E-state index in [9.17, 15) is 10.2 Å². The minimum atomic E-state index is -0.572. The van der Waals surface area contributed by atoms with E-state index in [1.165, 1.54) is 0 Å². The summed E-state index contributed by atoms with van der Waals surface area (Å²) in [5, 5.41) is 19.6. The molecule has 0 spiro atoms. The highest BCUT2D eigenvalue weighted by molar-refractivity contribution is 5.29. The predicted octanol–water partition coefficient (Wildman–Crippen LogP) is 2.21. The van der Waals surface area contributed by atoms with Gasteiger partial charge >= 0.3 is 0 Å². The van der Waals surface area contributed by atoms with Gasteiger partial charge < -0.3 is 14.9 Å². The number of nitrogens with zero attached hydrogens (tertiary/aromatic N) is 1. The minimum absolute atomic E-state index is 0.112. The van der Waals surface area contributed by atoms with Crippen LogP contribution in [0.15, 0.2) is 24.3 Å². The van der Waals surface area contributed by atoms with Crippen LogP contribution in [-0.4, -0.2) is 48.0 Å². The van der Waals surface area contributed by atoms with Crippen LogP contribution in [0.5, 0.6) is 5.75 Å². The molecule has 0 saturated heterocycles. The van der Waals surface area contributed by atoms with Crippen LogP contribution in [0.4, 0.5) is 0 Å². The minimum Gasteiger partial charge on any atom is -0.497 e. The van der Waals surface area contributed by atoms with E-state index in [2.05, 4.69) is 18.7 Å². The summed E-state index contributed by atoms with van der Waals surface area (Å²) in [5.74, 6) is 0.748. The molecule has 1 unspecified atom stereocenters. The van der Waals surface area contributed by atoms with E-state index in [-0.39, 0.29) is 6.61 Å². The first-order chi connectivity index (χ1) is 9.65. The molecule has 2 N–H and O–H groups in total. The van der Waals surface area contributed by atoms with E-state index in [1.807, 2.05) is 24.3 Å². The van der Waals surface area contributed by atoms with Gasteiger partial charge in [-0.3, -0.25) is 4.90 Å². The molecule has 20 heavy (non-hydrogen) atoms. The second kappa shape index (κ2) is 8.95. The Morgan fingerprint density at radius 2 is 1.95 bits per heavy atom. The van der Waals surface area contributed by atoms with Gasteiger partial charge in [0.25, 0.3) is 0 Å². The molecule has 0 saturated carbocycles. The molecule has 0 aliphatic heterocycles. The quantitative estimate of drug-likeness (QED) is 0.728. The van der Waals surface area contributed by atoms with E-state index in [4.69, 9.17) is 4.74 Å². The Kier molecular flexibility index (Phi) is 7.59. The summed E-state index contributed by atoms with van der Waals surface area (Å²) in [6.45, 7) is 5.50. The zero-order valence-corrected chi connectivity index (χ0v) is 12.7. The normalized spacial score (nSPS) is 12.9. The molecule has 0 aliphatic carbocycles. The predicted molar refractivity (Wildman–Crippen MR) is 81.0 cm³/mol. The smallest absolute Gasteiger partial charge is 0.119 e. The third kappa shape index (κ3) is 4.78. The first-order valence-electron chi connectivity index (χ1n) is 7.33. The lowest BCUT2D eigenvalue weighted by Gasteiger charge is -2.31. The van der Waals surface area contributed by atoms with E-state index in [0.29, 0.717) is 19.1 Å². The van der Waals surface area contributed by atoms with Crippen LogP contribution >= 0.6 is 0 Å². The Bertz CT molecular complexity index is 380. The maximum Gasteiger partial charge on any atom is 0.119 e. The summed E-state index contributed by atoms with van der Waals surface area (Å²) in [6.07, 6.45) is 1.46. The highest BCUT2D eigenvalue weighted by atomic mass is 16.5. The summed E-state index contributed by atoms with van der Waals surface area (Å²) < 4.78 is 5.18. The highest BCUT2D eigenvalue weighted by Crippen LogP contribution is 2.21. The van der Waals surface area contributed by atoms with Crippen molar-refractivity contribution in [2.24, 2.45) is 0 Å². The number of rotatable bonds is 9. The summed E-state index contributed by atoms with van der Waals surface area (Å²) >= 11 is 0. The summed E-state index contributed by atoms with van der Waals surface area (Å²) in [7, 11) is 1.62. The molecule has 114 valence electrons. The Hall–Kier alpha value is -1.10. The zero-order chi connectivity index (χ0) is 15.0.